The lowest BCUT2D eigenvalue weighted by Gasteiger charge is -2.48. The second kappa shape index (κ2) is 68.9. The van der Waals surface area contributed by atoms with Crippen LogP contribution < -0.4 is 5.32 Å². The molecule has 0 radical (unpaired) electrons. The second-order valence-corrected chi connectivity index (χ2v) is 32.8. The molecule has 12 N–H and O–H groups in total. The Labute approximate surface area is 652 Å². The van der Waals surface area contributed by atoms with Gasteiger partial charge in [-0.15, -0.1) is 0 Å². The Morgan fingerprint density at radius 2 is 0.589 bits per heavy atom. The maximum absolute atomic E-state index is 13.5. The minimum absolute atomic E-state index is 0.232. The van der Waals surface area contributed by atoms with Gasteiger partial charge in [0, 0.05) is 6.42 Å². The van der Waals surface area contributed by atoms with Crippen molar-refractivity contribution in [3.8, 4) is 0 Å². The number of aliphatic hydroxyl groups is 11. The van der Waals surface area contributed by atoms with E-state index in [2.05, 4.69) is 31.3 Å². The van der Waals surface area contributed by atoms with E-state index >= 15 is 0 Å². The minimum Gasteiger partial charge on any atom is -0.394 e. The summed E-state index contributed by atoms with van der Waals surface area (Å²) >= 11 is 0. The fourth-order valence-electron chi connectivity index (χ4n) is 15.8. The molecule has 0 aromatic rings. The Morgan fingerprint density at radius 3 is 0.907 bits per heavy atom. The first-order chi connectivity index (χ1) is 52.3. The predicted octanol–water partition coefficient (Wildman–Crippen LogP) is 17.1. The molecule has 107 heavy (non-hydrogen) atoms. The number of allylic oxidation sites excluding steroid dienone is 2. The number of carbonyl (C=O) groups is 1. The molecule has 3 heterocycles. The van der Waals surface area contributed by atoms with E-state index in [0.29, 0.717) is 12.8 Å². The standard InChI is InChI=1S/C88H169NO18/c1-3-5-7-9-11-13-15-17-19-21-23-25-27-28-29-30-31-32-33-34-35-36-37-38-39-40-41-42-44-46-48-50-52-54-56-58-60-62-64-66-76(94)89-71(72(93)65-63-61-59-57-55-53-51-49-47-45-43-26-24-22-20-18-16-14-12-10-8-6-4-2)70-102-86-82(100)79(97)84(74(68-91)104-86)107-88-83(101)80(98)85(75(69-92)105-88)106-87-81(99)78(96)77(95)73(67-90)103-87/h21,23,71-75,77-88,90-93,95-101H,3-20,22,24-70H2,1-2H3,(H,89,94)/b23-21-. The average molecular weight is 1530 g/mol. The van der Waals surface area contributed by atoms with Gasteiger partial charge in [0.05, 0.1) is 38.6 Å². The van der Waals surface area contributed by atoms with Crippen molar-refractivity contribution in [2.45, 2.75) is 516 Å². The van der Waals surface area contributed by atoms with Crippen molar-refractivity contribution in [2.24, 2.45) is 0 Å². The summed E-state index contributed by atoms with van der Waals surface area (Å²) in [4.78, 5) is 13.5. The van der Waals surface area contributed by atoms with Crippen molar-refractivity contribution in [1.82, 2.24) is 5.32 Å². The topological polar surface area (TPSA) is 307 Å². The lowest BCUT2D eigenvalue weighted by molar-refractivity contribution is -0.379. The van der Waals surface area contributed by atoms with Crippen LogP contribution in [-0.2, 0) is 33.2 Å². The number of ether oxygens (including phenoxy) is 6. The Morgan fingerprint density at radius 1 is 0.327 bits per heavy atom. The normalized spacial score (nSPS) is 25.5. The summed E-state index contributed by atoms with van der Waals surface area (Å²) in [5, 5.41) is 121. The van der Waals surface area contributed by atoms with Gasteiger partial charge in [-0.2, -0.15) is 0 Å². The summed E-state index contributed by atoms with van der Waals surface area (Å²) < 4.78 is 34.6. The van der Waals surface area contributed by atoms with Crippen LogP contribution in [0.2, 0.25) is 0 Å². The number of carbonyl (C=O) groups excluding carboxylic acids is 1. The van der Waals surface area contributed by atoms with E-state index in [1.54, 1.807) is 0 Å². The van der Waals surface area contributed by atoms with Crippen LogP contribution in [-0.4, -0.2) is 193 Å². The molecule has 1 amide bonds. The first kappa shape index (κ1) is 99.7. The van der Waals surface area contributed by atoms with E-state index in [9.17, 15) is 61.0 Å². The summed E-state index contributed by atoms with van der Waals surface area (Å²) in [6.07, 6.45) is 57.7. The molecule has 0 bridgehead atoms. The van der Waals surface area contributed by atoms with Crippen LogP contribution in [0.1, 0.15) is 412 Å². The molecular weight excluding hydrogens is 1360 g/mol. The van der Waals surface area contributed by atoms with Crippen LogP contribution in [0, 0.1) is 0 Å². The van der Waals surface area contributed by atoms with Crippen molar-refractivity contribution in [1.29, 1.82) is 0 Å². The van der Waals surface area contributed by atoms with Crippen LogP contribution in [0.3, 0.4) is 0 Å². The number of rotatable bonds is 75. The Balaban J connectivity index is 1.29. The molecule has 3 aliphatic rings. The molecule has 0 spiro atoms. The number of hydrogen-bond donors (Lipinski definition) is 12. The molecule has 0 saturated carbocycles. The Bertz CT molecular complexity index is 1970. The van der Waals surface area contributed by atoms with Crippen LogP contribution in [0.4, 0.5) is 0 Å². The Hall–Kier alpha value is -1.47. The van der Waals surface area contributed by atoms with Gasteiger partial charge in [-0.1, -0.05) is 379 Å². The third-order valence-electron chi connectivity index (χ3n) is 23.1. The maximum atomic E-state index is 13.5. The van der Waals surface area contributed by atoms with Crippen LogP contribution in [0.5, 0.6) is 0 Å². The van der Waals surface area contributed by atoms with Crippen molar-refractivity contribution >= 4 is 5.91 Å². The van der Waals surface area contributed by atoms with E-state index in [1.165, 1.54) is 334 Å². The summed E-state index contributed by atoms with van der Waals surface area (Å²) in [6.45, 7) is 1.88. The SMILES string of the molecule is CCCCCCCCCC/C=C\CCCCCCCCCCCCCCCCCCCCCCCCCCCCCC(=O)NC(COC1OC(CO)C(OC2OC(CO)C(OC3OC(CO)C(O)C(O)C3O)C(O)C2O)C(O)C1O)C(O)CCCCCCCCCCCCCCCCCCCCCCCCC. The van der Waals surface area contributed by atoms with E-state index in [-0.39, 0.29) is 18.9 Å². The summed E-state index contributed by atoms with van der Waals surface area (Å²) in [5.74, 6) is -0.232. The van der Waals surface area contributed by atoms with Crippen LogP contribution in [0.15, 0.2) is 12.2 Å². The zero-order chi connectivity index (χ0) is 77.4. The molecule has 3 aliphatic heterocycles. The fraction of sp³-hybridized carbons (Fsp3) is 0.966. The van der Waals surface area contributed by atoms with Gasteiger partial charge in [-0.25, -0.2) is 0 Å². The van der Waals surface area contributed by atoms with Crippen molar-refractivity contribution < 1.29 is 89.4 Å². The van der Waals surface area contributed by atoms with E-state index < -0.39 is 124 Å². The van der Waals surface area contributed by atoms with E-state index in [0.717, 1.165) is 44.9 Å². The lowest BCUT2D eigenvalue weighted by atomic mass is 9.96. The molecule has 19 heteroatoms. The average Bonchev–Trinajstić information content (AvgIpc) is 0.781. The molecule has 17 atom stereocenters. The van der Waals surface area contributed by atoms with Gasteiger partial charge >= 0.3 is 0 Å². The number of hydrogen-bond acceptors (Lipinski definition) is 18. The molecule has 3 saturated heterocycles. The Kier molecular flexibility index (Phi) is 64.2. The highest BCUT2D eigenvalue weighted by molar-refractivity contribution is 5.76. The van der Waals surface area contributed by atoms with Crippen LogP contribution >= 0.6 is 0 Å². The van der Waals surface area contributed by atoms with Crippen molar-refractivity contribution in [2.75, 3.05) is 26.4 Å². The van der Waals surface area contributed by atoms with E-state index in [4.69, 9.17) is 28.4 Å². The molecule has 0 aliphatic carbocycles. The van der Waals surface area contributed by atoms with Gasteiger partial charge < -0.3 is 89.9 Å². The molecular formula is C88H169NO18. The van der Waals surface area contributed by atoms with Crippen molar-refractivity contribution in [3.63, 3.8) is 0 Å². The largest absolute Gasteiger partial charge is 0.394 e. The van der Waals surface area contributed by atoms with Gasteiger partial charge in [0.1, 0.15) is 73.2 Å². The van der Waals surface area contributed by atoms with Crippen LogP contribution in [0.25, 0.3) is 0 Å². The smallest absolute Gasteiger partial charge is 0.220 e. The zero-order valence-electron chi connectivity index (χ0n) is 68.4. The zero-order valence-corrected chi connectivity index (χ0v) is 68.4. The highest BCUT2D eigenvalue weighted by Crippen LogP contribution is 2.34. The summed E-state index contributed by atoms with van der Waals surface area (Å²) in [7, 11) is 0. The molecule has 634 valence electrons. The molecule has 0 aromatic carbocycles. The fourth-order valence-corrected chi connectivity index (χ4v) is 15.8. The third-order valence-corrected chi connectivity index (χ3v) is 23.1. The molecule has 3 rings (SSSR count). The minimum atomic E-state index is -1.97. The number of aliphatic hydroxyl groups excluding tert-OH is 11. The predicted molar refractivity (Wildman–Crippen MR) is 430 cm³/mol. The number of amides is 1. The first-order valence-electron chi connectivity index (χ1n) is 45.4. The lowest BCUT2D eigenvalue weighted by Crippen LogP contribution is -2.66. The van der Waals surface area contributed by atoms with Gasteiger partial charge in [-0.05, 0) is 38.5 Å². The third kappa shape index (κ3) is 47.9. The molecule has 19 nitrogen and oxygen atoms in total. The summed E-state index contributed by atoms with van der Waals surface area (Å²) in [6, 6.07) is -0.885. The quantitative estimate of drug-likeness (QED) is 0.0199. The van der Waals surface area contributed by atoms with Gasteiger partial charge in [0.25, 0.3) is 0 Å². The highest BCUT2D eigenvalue weighted by Gasteiger charge is 2.54. The monoisotopic (exact) mass is 1530 g/mol. The number of unbranched alkanes of at least 4 members (excludes halogenated alkanes) is 57. The van der Waals surface area contributed by atoms with Gasteiger partial charge in [-0.3, -0.25) is 4.79 Å². The second-order valence-electron chi connectivity index (χ2n) is 32.8. The number of nitrogens with one attached hydrogen (secondary N) is 1. The molecule has 17 unspecified atom stereocenters. The van der Waals surface area contributed by atoms with E-state index in [1.807, 2.05) is 0 Å². The molecule has 3 fully saturated rings. The summed E-state index contributed by atoms with van der Waals surface area (Å²) in [5.41, 5.74) is 0. The van der Waals surface area contributed by atoms with Gasteiger partial charge in [0.15, 0.2) is 18.9 Å². The van der Waals surface area contributed by atoms with Gasteiger partial charge in [0.2, 0.25) is 5.91 Å². The molecule has 0 aromatic heterocycles. The maximum Gasteiger partial charge on any atom is 0.220 e. The first-order valence-corrected chi connectivity index (χ1v) is 45.4. The van der Waals surface area contributed by atoms with Crippen molar-refractivity contribution in [3.05, 3.63) is 12.2 Å². The highest BCUT2D eigenvalue weighted by atomic mass is 16.8.